The van der Waals surface area contributed by atoms with Gasteiger partial charge in [-0.3, -0.25) is 0 Å². The topological polar surface area (TPSA) is 83.7 Å². The molecule has 6 nitrogen and oxygen atoms in total. The zero-order valence-electron chi connectivity index (χ0n) is 15.0. The minimum absolute atomic E-state index is 0.318. The van der Waals surface area contributed by atoms with Crippen LogP contribution in [0.4, 0.5) is 5.82 Å². The summed E-state index contributed by atoms with van der Waals surface area (Å²) in [5.74, 6) is 3.18. The number of nitrogens with two attached hydrogens (primary N) is 1. The van der Waals surface area contributed by atoms with E-state index in [1.54, 1.807) is 0 Å². The molecule has 0 amide bonds. The van der Waals surface area contributed by atoms with Crippen molar-refractivity contribution in [2.75, 3.05) is 18.5 Å². The van der Waals surface area contributed by atoms with Gasteiger partial charge in [-0.05, 0) is 38.0 Å². The number of fused-ring (bicyclic) bond motifs is 1. The average Bonchev–Trinajstić information content (AvgIpc) is 2.98. The van der Waals surface area contributed by atoms with E-state index in [4.69, 9.17) is 17.3 Å². The Hall–Kier alpha value is -2.18. The van der Waals surface area contributed by atoms with E-state index in [0.717, 1.165) is 60.0 Å². The highest BCUT2D eigenvalue weighted by molar-refractivity contribution is 6.31. The third kappa shape index (κ3) is 3.52. The molecular weight excluding hydrogens is 348 g/mol. The standard InChI is InChI=1S/C19H23ClN6/c1-11-22-16(12-7-14(21)8-12)10-19(23-11)26(2)6-5-18-24-15-4-3-13(20)9-17(15)25-18/h3-4,9-10,12,14H,5-8,21H2,1-2H3,(H,24,25). The second-order valence-electron chi connectivity index (χ2n) is 7.14. The molecule has 0 spiro atoms. The number of hydrogen-bond donors (Lipinski definition) is 2. The molecule has 0 radical (unpaired) electrons. The van der Waals surface area contributed by atoms with Crippen LogP contribution in [-0.4, -0.2) is 39.6 Å². The Labute approximate surface area is 157 Å². The molecule has 0 atom stereocenters. The molecule has 1 fully saturated rings. The Balaban J connectivity index is 1.46. The molecule has 1 saturated carbocycles. The summed E-state index contributed by atoms with van der Waals surface area (Å²) in [4.78, 5) is 19.3. The van der Waals surface area contributed by atoms with E-state index in [0.29, 0.717) is 17.0 Å². The Morgan fingerprint density at radius 3 is 2.81 bits per heavy atom. The Morgan fingerprint density at radius 1 is 1.23 bits per heavy atom. The lowest BCUT2D eigenvalue weighted by Crippen LogP contribution is -2.35. The summed E-state index contributed by atoms with van der Waals surface area (Å²) in [6.45, 7) is 2.76. The zero-order chi connectivity index (χ0) is 18.3. The first-order chi connectivity index (χ1) is 12.5. The average molecular weight is 371 g/mol. The van der Waals surface area contributed by atoms with Crippen molar-refractivity contribution in [3.8, 4) is 0 Å². The Morgan fingerprint density at radius 2 is 2.04 bits per heavy atom. The van der Waals surface area contributed by atoms with Gasteiger partial charge in [0.1, 0.15) is 17.5 Å². The van der Waals surface area contributed by atoms with Crippen molar-refractivity contribution in [3.05, 3.63) is 46.6 Å². The lowest BCUT2D eigenvalue weighted by Gasteiger charge is -2.32. The van der Waals surface area contributed by atoms with Crippen LogP contribution in [0.5, 0.6) is 0 Å². The van der Waals surface area contributed by atoms with Crippen LogP contribution in [-0.2, 0) is 6.42 Å². The number of rotatable bonds is 5. The second kappa shape index (κ2) is 6.85. The SMILES string of the molecule is Cc1nc(C2CC(N)C2)cc(N(C)CCc2nc3ccc(Cl)cc3[nH]2)n1. The number of H-pyrrole nitrogens is 1. The normalized spacial score (nSPS) is 19.5. The summed E-state index contributed by atoms with van der Waals surface area (Å²) in [6.07, 6.45) is 2.83. The summed E-state index contributed by atoms with van der Waals surface area (Å²) in [5.41, 5.74) is 8.94. The molecular formula is C19H23ClN6. The Bertz CT molecular complexity index is 931. The number of nitrogens with zero attached hydrogens (tertiary/aromatic N) is 4. The number of aryl methyl sites for hydroxylation is 1. The molecule has 2 heterocycles. The molecule has 7 heteroatoms. The fourth-order valence-electron chi connectivity index (χ4n) is 3.42. The first kappa shape index (κ1) is 17.2. The predicted molar refractivity (Wildman–Crippen MR) is 105 cm³/mol. The third-order valence-electron chi connectivity index (χ3n) is 5.01. The van der Waals surface area contributed by atoms with Crippen LogP contribution < -0.4 is 10.6 Å². The van der Waals surface area contributed by atoms with Gasteiger partial charge in [0.05, 0.1) is 11.0 Å². The molecule has 0 unspecified atom stereocenters. The van der Waals surface area contributed by atoms with Gasteiger partial charge in [-0.2, -0.15) is 0 Å². The van der Waals surface area contributed by atoms with Crippen molar-refractivity contribution < 1.29 is 0 Å². The predicted octanol–water partition coefficient (Wildman–Crippen LogP) is 3.20. The molecule has 26 heavy (non-hydrogen) atoms. The molecule has 0 bridgehead atoms. The fourth-order valence-corrected chi connectivity index (χ4v) is 3.60. The van der Waals surface area contributed by atoms with Crippen LogP contribution in [0.1, 0.15) is 36.1 Å². The van der Waals surface area contributed by atoms with Gasteiger partial charge in [0, 0.05) is 48.8 Å². The monoisotopic (exact) mass is 370 g/mol. The van der Waals surface area contributed by atoms with Crippen molar-refractivity contribution in [1.29, 1.82) is 0 Å². The summed E-state index contributed by atoms with van der Waals surface area (Å²) >= 11 is 6.04. The second-order valence-corrected chi connectivity index (χ2v) is 7.58. The molecule has 0 saturated heterocycles. The Kier molecular flexibility index (Phi) is 4.54. The van der Waals surface area contributed by atoms with Crippen molar-refractivity contribution in [3.63, 3.8) is 0 Å². The van der Waals surface area contributed by atoms with Crippen molar-refractivity contribution in [1.82, 2.24) is 19.9 Å². The maximum absolute atomic E-state index is 6.04. The van der Waals surface area contributed by atoms with Gasteiger partial charge >= 0.3 is 0 Å². The first-order valence-electron chi connectivity index (χ1n) is 8.94. The lowest BCUT2D eigenvalue weighted by atomic mass is 9.78. The molecule has 0 aliphatic heterocycles. The van der Waals surface area contributed by atoms with Crippen LogP contribution in [0.25, 0.3) is 11.0 Å². The van der Waals surface area contributed by atoms with Crippen molar-refractivity contribution >= 4 is 28.5 Å². The molecule has 4 rings (SSSR count). The summed E-state index contributed by atoms with van der Waals surface area (Å²) in [6, 6.07) is 8.11. The van der Waals surface area contributed by atoms with Crippen LogP contribution >= 0.6 is 11.6 Å². The van der Waals surface area contributed by atoms with E-state index in [2.05, 4.69) is 37.9 Å². The first-order valence-corrected chi connectivity index (χ1v) is 9.32. The lowest BCUT2D eigenvalue weighted by molar-refractivity contribution is 0.344. The maximum Gasteiger partial charge on any atom is 0.132 e. The van der Waals surface area contributed by atoms with Gasteiger partial charge in [-0.25, -0.2) is 15.0 Å². The molecule has 1 aliphatic rings. The number of anilines is 1. The van der Waals surface area contributed by atoms with Gasteiger partial charge in [0.15, 0.2) is 0 Å². The highest BCUT2D eigenvalue weighted by atomic mass is 35.5. The number of likely N-dealkylation sites (N-methyl/N-ethyl adjacent to an activating group) is 1. The fraction of sp³-hybridized carbons (Fsp3) is 0.421. The number of nitrogens with one attached hydrogen (secondary N) is 1. The summed E-state index contributed by atoms with van der Waals surface area (Å²) < 4.78 is 0. The smallest absolute Gasteiger partial charge is 0.132 e. The highest BCUT2D eigenvalue weighted by Crippen LogP contribution is 2.35. The molecule has 1 aliphatic carbocycles. The third-order valence-corrected chi connectivity index (χ3v) is 5.24. The van der Waals surface area contributed by atoms with Crippen molar-refractivity contribution in [2.24, 2.45) is 5.73 Å². The molecule has 3 aromatic rings. The number of hydrogen-bond acceptors (Lipinski definition) is 5. The van der Waals surface area contributed by atoms with E-state index < -0.39 is 0 Å². The van der Waals surface area contributed by atoms with Crippen LogP contribution in [0.2, 0.25) is 5.02 Å². The van der Waals surface area contributed by atoms with Crippen molar-refractivity contribution in [2.45, 2.75) is 38.1 Å². The van der Waals surface area contributed by atoms with E-state index in [1.807, 2.05) is 25.1 Å². The zero-order valence-corrected chi connectivity index (χ0v) is 15.8. The van der Waals surface area contributed by atoms with Crippen LogP contribution in [0.15, 0.2) is 24.3 Å². The number of benzene rings is 1. The minimum Gasteiger partial charge on any atom is -0.359 e. The number of aromatic amines is 1. The molecule has 1 aromatic carbocycles. The van der Waals surface area contributed by atoms with E-state index in [-0.39, 0.29) is 0 Å². The van der Waals surface area contributed by atoms with E-state index in [1.165, 1.54) is 0 Å². The van der Waals surface area contributed by atoms with Gasteiger partial charge in [0.2, 0.25) is 0 Å². The summed E-state index contributed by atoms with van der Waals surface area (Å²) in [7, 11) is 2.05. The molecule has 136 valence electrons. The maximum atomic E-state index is 6.04. The quantitative estimate of drug-likeness (QED) is 0.720. The van der Waals surface area contributed by atoms with Crippen LogP contribution in [0, 0.1) is 6.92 Å². The number of aromatic nitrogens is 4. The molecule has 2 aromatic heterocycles. The van der Waals surface area contributed by atoms with Gasteiger partial charge in [0.25, 0.3) is 0 Å². The molecule has 3 N–H and O–H groups in total. The van der Waals surface area contributed by atoms with Crippen LogP contribution in [0.3, 0.4) is 0 Å². The number of imidazole rings is 1. The van der Waals surface area contributed by atoms with Gasteiger partial charge in [-0.1, -0.05) is 11.6 Å². The number of halogens is 1. The van der Waals surface area contributed by atoms with Gasteiger partial charge in [-0.15, -0.1) is 0 Å². The van der Waals surface area contributed by atoms with Gasteiger partial charge < -0.3 is 15.6 Å². The largest absolute Gasteiger partial charge is 0.359 e. The van der Waals surface area contributed by atoms with E-state index >= 15 is 0 Å². The highest BCUT2D eigenvalue weighted by Gasteiger charge is 2.29. The summed E-state index contributed by atoms with van der Waals surface area (Å²) in [5, 5.41) is 0.713. The van der Waals surface area contributed by atoms with E-state index in [9.17, 15) is 0 Å². The minimum atomic E-state index is 0.318.